The molecule has 1 heterocycles. The van der Waals surface area contributed by atoms with Crippen LogP contribution in [-0.2, 0) is 26.9 Å². The van der Waals surface area contributed by atoms with Crippen molar-refractivity contribution in [2.45, 2.75) is 25.3 Å². The number of piperidine rings is 1. The zero-order valence-corrected chi connectivity index (χ0v) is 17.0. The van der Waals surface area contributed by atoms with E-state index in [0.29, 0.717) is 11.6 Å². The van der Waals surface area contributed by atoms with E-state index in [-0.39, 0.29) is 11.9 Å². The van der Waals surface area contributed by atoms with E-state index < -0.39 is 11.4 Å². The Labute approximate surface area is 172 Å². The number of aldehydes is 1. The zero-order chi connectivity index (χ0) is 20.8. The second-order valence-electron chi connectivity index (χ2n) is 7.26. The molecule has 2 unspecified atom stereocenters. The van der Waals surface area contributed by atoms with Crippen molar-refractivity contribution in [3.8, 4) is 0 Å². The van der Waals surface area contributed by atoms with Gasteiger partial charge in [-0.2, -0.15) is 4.28 Å². The molecule has 2 aromatic carbocycles. The van der Waals surface area contributed by atoms with Gasteiger partial charge in [0.15, 0.2) is 0 Å². The minimum absolute atomic E-state index is 0.220. The van der Waals surface area contributed by atoms with Crippen LogP contribution in [0.3, 0.4) is 0 Å². The van der Waals surface area contributed by atoms with E-state index in [4.69, 9.17) is 0 Å². The van der Waals surface area contributed by atoms with Gasteiger partial charge in [0.2, 0.25) is 0 Å². The van der Waals surface area contributed by atoms with E-state index >= 15 is 0 Å². The summed E-state index contributed by atoms with van der Waals surface area (Å²) in [6.07, 6.45) is 3.82. The van der Waals surface area contributed by atoms with Crippen LogP contribution in [0.25, 0.3) is 0 Å². The molecule has 1 saturated heterocycles. The molecule has 1 aliphatic heterocycles. The second-order valence-corrected chi connectivity index (χ2v) is 7.82. The molecular formula is C21H24FN2O4S-. The number of hydroxylamine groups is 1. The summed E-state index contributed by atoms with van der Waals surface area (Å²) in [7, 11) is 1.49. The van der Waals surface area contributed by atoms with Gasteiger partial charge in [-0.3, -0.25) is 4.90 Å². The summed E-state index contributed by atoms with van der Waals surface area (Å²) < 4.78 is 38.9. The number of anilines is 1. The summed E-state index contributed by atoms with van der Waals surface area (Å²) in [5, 5.41) is 1.14. The SMILES string of the molecule is CN(OS(=O)[O-])c1ccc(C(C=O)N2CCC(Cc3ccc(F)cc3)CC2)cc1. The molecule has 1 aliphatic rings. The Kier molecular flexibility index (Phi) is 7.49. The Hall–Kier alpha value is -2.13. The summed E-state index contributed by atoms with van der Waals surface area (Å²) in [6, 6.07) is 13.4. The first kappa shape index (κ1) is 21.6. The number of hydrogen-bond donors (Lipinski definition) is 0. The predicted molar refractivity (Wildman–Crippen MR) is 108 cm³/mol. The molecule has 0 aliphatic carbocycles. The fourth-order valence-corrected chi connectivity index (χ4v) is 4.05. The van der Waals surface area contributed by atoms with Crippen LogP contribution in [0.5, 0.6) is 0 Å². The first-order chi connectivity index (χ1) is 14.0. The first-order valence-electron chi connectivity index (χ1n) is 9.51. The third-order valence-corrected chi connectivity index (χ3v) is 5.73. The van der Waals surface area contributed by atoms with Crippen molar-refractivity contribution in [1.82, 2.24) is 4.90 Å². The Morgan fingerprint density at radius 3 is 2.38 bits per heavy atom. The van der Waals surface area contributed by atoms with E-state index in [1.807, 2.05) is 24.3 Å². The summed E-state index contributed by atoms with van der Waals surface area (Å²) in [5.74, 6) is 0.299. The van der Waals surface area contributed by atoms with E-state index in [2.05, 4.69) is 9.18 Å². The van der Waals surface area contributed by atoms with Crippen LogP contribution >= 0.6 is 0 Å². The number of benzene rings is 2. The maximum atomic E-state index is 13.1. The lowest BCUT2D eigenvalue weighted by Crippen LogP contribution is -2.38. The Balaban J connectivity index is 1.57. The minimum Gasteiger partial charge on any atom is -0.748 e. The molecule has 0 spiro atoms. The molecule has 29 heavy (non-hydrogen) atoms. The monoisotopic (exact) mass is 419 g/mol. The van der Waals surface area contributed by atoms with Gasteiger partial charge in [0.1, 0.15) is 23.5 Å². The average molecular weight is 419 g/mol. The molecule has 0 N–H and O–H groups in total. The van der Waals surface area contributed by atoms with E-state index in [1.165, 1.54) is 19.2 Å². The Morgan fingerprint density at radius 1 is 1.21 bits per heavy atom. The van der Waals surface area contributed by atoms with Crippen LogP contribution in [0.1, 0.15) is 30.0 Å². The number of hydrogen-bond acceptors (Lipinski definition) is 6. The molecule has 156 valence electrons. The molecule has 1 fully saturated rings. The molecule has 8 heteroatoms. The lowest BCUT2D eigenvalue weighted by Gasteiger charge is -2.35. The van der Waals surface area contributed by atoms with E-state index in [1.54, 1.807) is 12.1 Å². The fourth-order valence-electron chi connectivity index (χ4n) is 3.78. The molecule has 0 radical (unpaired) electrons. The number of carbonyl (C=O) groups excluding carboxylic acids is 1. The van der Waals surface area contributed by atoms with Gasteiger partial charge >= 0.3 is 0 Å². The number of nitrogens with zero attached hydrogens (tertiary/aromatic N) is 2. The topological polar surface area (TPSA) is 72.9 Å². The molecule has 0 saturated carbocycles. The maximum absolute atomic E-state index is 13.1. The maximum Gasteiger partial charge on any atom is 0.141 e. The average Bonchev–Trinajstić information content (AvgIpc) is 2.71. The van der Waals surface area contributed by atoms with Crippen LogP contribution in [0.15, 0.2) is 48.5 Å². The zero-order valence-electron chi connectivity index (χ0n) is 16.2. The van der Waals surface area contributed by atoms with Gasteiger partial charge in [-0.25, -0.2) is 13.7 Å². The van der Waals surface area contributed by atoms with Crippen LogP contribution in [0.4, 0.5) is 10.1 Å². The van der Waals surface area contributed by atoms with Crippen molar-refractivity contribution in [3.05, 3.63) is 65.5 Å². The normalized spacial score (nSPS) is 17.6. The van der Waals surface area contributed by atoms with Crippen LogP contribution < -0.4 is 5.06 Å². The third kappa shape index (κ3) is 5.93. The summed E-state index contributed by atoms with van der Waals surface area (Å²) in [5.41, 5.74) is 2.57. The molecule has 2 aromatic rings. The third-order valence-electron chi connectivity index (χ3n) is 5.38. The fraction of sp³-hybridized carbons (Fsp3) is 0.381. The second kappa shape index (κ2) is 10.1. The van der Waals surface area contributed by atoms with Gasteiger partial charge < -0.3 is 9.35 Å². The van der Waals surface area contributed by atoms with Crippen molar-refractivity contribution >= 4 is 23.3 Å². The largest absolute Gasteiger partial charge is 0.748 e. The number of likely N-dealkylation sites (tertiary alicyclic amines) is 1. The lowest BCUT2D eigenvalue weighted by molar-refractivity contribution is -0.113. The van der Waals surface area contributed by atoms with Gasteiger partial charge in [-0.05, 0) is 73.7 Å². The smallest absolute Gasteiger partial charge is 0.141 e. The predicted octanol–water partition coefficient (Wildman–Crippen LogP) is 3.18. The highest BCUT2D eigenvalue weighted by Crippen LogP contribution is 2.28. The molecule has 0 aromatic heterocycles. The van der Waals surface area contributed by atoms with Gasteiger partial charge in [0.25, 0.3) is 0 Å². The van der Waals surface area contributed by atoms with E-state index in [0.717, 1.165) is 54.8 Å². The van der Waals surface area contributed by atoms with Crippen LogP contribution in [0.2, 0.25) is 0 Å². The first-order valence-corrected chi connectivity index (χ1v) is 10.5. The number of halogens is 1. The number of rotatable bonds is 8. The van der Waals surface area contributed by atoms with Crippen LogP contribution in [0, 0.1) is 11.7 Å². The van der Waals surface area contributed by atoms with Crippen LogP contribution in [-0.4, -0.2) is 40.1 Å². The van der Waals surface area contributed by atoms with Crippen molar-refractivity contribution in [1.29, 1.82) is 0 Å². The van der Waals surface area contributed by atoms with Gasteiger partial charge in [0, 0.05) is 7.05 Å². The molecular weight excluding hydrogens is 395 g/mol. The Bertz CT molecular complexity index is 824. The minimum atomic E-state index is -2.64. The van der Waals surface area contributed by atoms with Gasteiger partial charge in [-0.1, -0.05) is 24.3 Å². The standard InChI is InChI=1S/C21H25FN2O4S/c1-23(28-29(26)27)20-8-4-18(5-9-20)21(15-25)24-12-10-17(11-13-24)14-16-2-6-19(22)7-3-16/h2-9,15,17,21H,10-14H2,1H3,(H,26,27)/p-1. The molecule has 0 amide bonds. The highest BCUT2D eigenvalue weighted by atomic mass is 32.2. The van der Waals surface area contributed by atoms with Crippen molar-refractivity contribution in [3.63, 3.8) is 0 Å². The van der Waals surface area contributed by atoms with Gasteiger partial charge in [-0.15, -0.1) is 0 Å². The summed E-state index contributed by atoms with van der Waals surface area (Å²) in [4.78, 5) is 13.9. The van der Waals surface area contributed by atoms with Crippen molar-refractivity contribution in [2.24, 2.45) is 5.92 Å². The quantitative estimate of drug-likeness (QED) is 0.372. The van der Waals surface area contributed by atoms with Crippen molar-refractivity contribution < 1.29 is 22.2 Å². The van der Waals surface area contributed by atoms with Gasteiger partial charge in [0.05, 0.1) is 11.7 Å². The summed E-state index contributed by atoms with van der Waals surface area (Å²) in [6.45, 7) is 1.63. The molecule has 2 atom stereocenters. The molecule has 3 rings (SSSR count). The molecule has 6 nitrogen and oxygen atoms in total. The molecule has 0 bridgehead atoms. The van der Waals surface area contributed by atoms with E-state index in [9.17, 15) is 17.9 Å². The highest BCUT2D eigenvalue weighted by Gasteiger charge is 2.26. The number of carbonyl (C=O) groups is 1. The Morgan fingerprint density at radius 2 is 1.83 bits per heavy atom. The summed E-state index contributed by atoms with van der Waals surface area (Å²) >= 11 is -2.64. The lowest BCUT2D eigenvalue weighted by atomic mass is 9.89. The van der Waals surface area contributed by atoms with Crippen molar-refractivity contribution in [2.75, 3.05) is 25.2 Å². The highest BCUT2D eigenvalue weighted by molar-refractivity contribution is 7.74.